The highest BCUT2D eigenvalue weighted by Crippen LogP contribution is 2.26. The van der Waals surface area contributed by atoms with Gasteiger partial charge in [-0.3, -0.25) is 9.69 Å². The second-order valence-electron chi connectivity index (χ2n) is 8.06. The highest BCUT2D eigenvalue weighted by molar-refractivity contribution is 5.85. The highest BCUT2D eigenvalue weighted by atomic mass is 35.5. The molecule has 1 heterocycles. The molecule has 1 aromatic carbocycles. The Morgan fingerprint density at radius 3 is 2.36 bits per heavy atom. The smallest absolute Gasteiger partial charge is 0.410 e. The van der Waals surface area contributed by atoms with Crippen LogP contribution in [-0.4, -0.2) is 94.2 Å². The van der Waals surface area contributed by atoms with Crippen molar-refractivity contribution >= 4 is 24.5 Å². The fourth-order valence-corrected chi connectivity index (χ4v) is 3.54. The zero-order valence-corrected chi connectivity index (χ0v) is 21.0. The van der Waals surface area contributed by atoms with Gasteiger partial charge in [0.1, 0.15) is 32.0 Å². The minimum Gasteiger partial charge on any atom is -0.490 e. The minimum absolute atomic E-state index is 0. The molecule has 1 amide bonds. The molecular weight excluding hydrogens is 452 g/mol. The van der Waals surface area contributed by atoms with E-state index in [9.17, 15) is 9.59 Å². The number of nitrogens with zero attached hydrogens (tertiary/aromatic N) is 2. The molecule has 1 aliphatic rings. The number of benzene rings is 1. The fourth-order valence-electron chi connectivity index (χ4n) is 3.54. The predicted molar refractivity (Wildman–Crippen MR) is 126 cm³/mol. The maximum Gasteiger partial charge on any atom is 0.410 e. The summed E-state index contributed by atoms with van der Waals surface area (Å²) in [4.78, 5) is 28.0. The summed E-state index contributed by atoms with van der Waals surface area (Å²) in [5.74, 6) is 1.10. The Balaban J connectivity index is 0.00000544. The van der Waals surface area contributed by atoms with E-state index in [0.717, 1.165) is 0 Å². The summed E-state index contributed by atoms with van der Waals surface area (Å²) in [6.45, 7) is 7.86. The van der Waals surface area contributed by atoms with Crippen LogP contribution in [0.2, 0.25) is 0 Å². The van der Waals surface area contributed by atoms with Crippen LogP contribution < -0.4 is 9.47 Å². The molecule has 0 spiro atoms. The number of carbonyl (C=O) groups excluding carboxylic acids is 2. The first kappa shape index (κ1) is 28.8. The second-order valence-corrected chi connectivity index (χ2v) is 8.06. The monoisotopic (exact) mass is 488 g/mol. The van der Waals surface area contributed by atoms with Crippen LogP contribution in [0, 0.1) is 5.92 Å². The number of para-hydroxylation sites is 2. The van der Waals surface area contributed by atoms with Crippen LogP contribution in [0.15, 0.2) is 24.3 Å². The SMILES string of the molecule is CCOc1ccccc1OCC1CN(C(=O)OCCOC(=O)[C@H](C(C)C)N(C)C)CCO1.Cl. The molecule has 188 valence electrons. The van der Waals surface area contributed by atoms with Crippen molar-refractivity contribution in [2.24, 2.45) is 5.92 Å². The molecule has 0 aliphatic carbocycles. The molecule has 9 nitrogen and oxygen atoms in total. The van der Waals surface area contributed by atoms with E-state index in [-0.39, 0.29) is 56.3 Å². The van der Waals surface area contributed by atoms with E-state index in [1.54, 1.807) is 4.90 Å². The van der Waals surface area contributed by atoms with Crippen molar-refractivity contribution in [2.45, 2.75) is 32.9 Å². The van der Waals surface area contributed by atoms with Crippen LogP contribution in [0.25, 0.3) is 0 Å². The van der Waals surface area contributed by atoms with Gasteiger partial charge in [-0.2, -0.15) is 0 Å². The van der Waals surface area contributed by atoms with Crippen LogP contribution in [-0.2, 0) is 19.0 Å². The molecule has 1 aromatic rings. The minimum atomic E-state index is -0.461. The van der Waals surface area contributed by atoms with Crippen molar-refractivity contribution in [1.29, 1.82) is 0 Å². The molecule has 1 unspecified atom stereocenters. The number of morpholine rings is 1. The van der Waals surface area contributed by atoms with Gasteiger partial charge in [0.15, 0.2) is 11.5 Å². The zero-order chi connectivity index (χ0) is 23.5. The molecule has 10 heteroatoms. The summed E-state index contributed by atoms with van der Waals surface area (Å²) < 4.78 is 27.7. The van der Waals surface area contributed by atoms with E-state index in [1.165, 1.54) is 0 Å². The highest BCUT2D eigenvalue weighted by Gasteiger charge is 2.27. The number of rotatable bonds is 11. The Morgan fingerprint density at radius 2 is 1.76 bits per heavy atom. The lowest BCUT2D eigenvalue weighted by Crippen LogP contribution is -2.48. The number of ether oxygens (including phenoxy) is 5. The summed E-state index contributed by atoms with van der Waals surface area (Å²) >= 11 is 0. The van der Waals surface area contributed by atoms with Crippen molar-refractivity contribution in [3.63, 3.8) is 0 Å². The largest absolute Gasteiger partial charge is 0.490 e. The predicted octanol–water partition coefficient (Wildman–Crippen LogP) is 2.85. The van der Waals surface area contributed by atoms with Crippen LogP contribution in [0.3, 0.4) is 0 Å². The second kappa shape index (κ2) is 14.8. The summed E-state index contributed by atoms with van der Waals surface area (Å²) in [5.41, 5.74) is 0. The van der Waals surface area contributed by atoms with Crippen LogP contribution in [0.1, 0.15) is 20.8 Å². The number of hydrogen-bond acceptors (Lipinski definition) is 8. The van der Waals surface area contributed by atoms with Crippen molar-refractivity contribution in [2.75, 3.05) is 60.2 Å². The van der Waals surface area contributed by atoms with Gasteiger partial charge in [0.05, 0.1) is 19.8 Å². The maximum atomic E-state index is 12.4. The molecule has 0 radical (unpaired) electrons. The van der Waals surface area contributed by atoms with E-state index in [4.69, 9.17) is 23.7 Å². The van der Waals surface area contributed by atoms with E-state index < -0.39 is 6.09 Å². The Bertz CT molecular complexity index is 725. The van der Waals surface area contributed by atoms with E-state index in [2.05, 4.69) is 0 Å². The van der Waals surface area contributed by atoms with E-state index >= 15 is 0 Å². The van der Waals surface area contributed by atoms with Gasteiger partial charge in [-0.15, -0.1) is 12.4 Å². The van der Waals surface area contributed by atoms with Gasteiger partial charge in [0.2, 0.25) is 0 Å². The number of carbonyl (C=O) groups is 2. The number of halogens is 1. The molecular formula is C23H37ClN2O7. The zero-order valence-electron chi connectivity index (χ0n) is 20.2. The standard InChI is InChI=1S/C23H36N2O7.ClH/c1-6-28-19-9-7-8-10-20(19)32-16-18-15-25(11-12-29-18)23(27)31-14-13-30-22(26)21(17(2)3)24(4)5;/h7-10,17-18,21H,6,11-16H2,1-5H3;1H/t18?,21-;/m0./s1. The average molecular weight is 489 g/mol. The molecule has 33 heavy (non-hydrogen) atoms. The number of esters is 1. The van der Waals surface area contributed by atoms with Gasteiger partial charge >= 0.3 is 12.1 Å². The van der Waals surface area contributed by atoms with E-state index in [0.29, 0.717) is 37.8 Å². The molecule has 1 aliphatic heterocycles. The molecule has 0 N–H and O–H groups in total. The first-order valence-electron chi connectivity index (χ1n) is 11.0. The normalized spacial score (nSPS) is 16.7. The summed E-state index contributed by atoms with van der Waals surface area (Å²) in [6, 6.07) is 7.10. The molecule has 0 aromatic heterocycles. The van der Waals surface area contributed by atoms with Crippen molar-refractivity contribution in [3.8, 4) is 11.5 Å². The lowest BCUT2D eigenvalue weighted by atomic mass is 10.0. The van der Waals surface area contributed by atoms with Gasteiger partial charge in [-0.05, 0) is 39.1 Å². The third-order valence-corrected chi connectivity index (χ3v) is 4.95. The Kier molecular flexibility index (Phi) is 12.9. The quantitative estimate of drug-likeness (QED) is 0.347. The molecule has 2 atom stereocenters. The van der Waals surface area contributed by atoms with Crippen LogP contribution in [0.5, 0.6) is 11.5 Å². The van der Waals surface area contributed by atoms with Crippen LogP contribution in [0.4, 0.5) is 4.79 Å². The number of amides is 1. The van der Waals surface area contributed by atoms with E-state index in [1.807, 2.05) is 64.0 Å². The lowest BCUT2D eigenvalue weighted by Gasteiger charge is -2.32. The van der Waals surface area contributed by atoms with Gasteiger partial charge in [0.25, 0.3) is 0 Å². The summed E-state index contributed by atoms with van der Waals surface area (Å²) in [5, 5.41) is 0. The fraction of sp³-hybridized carbons (Fsp3) is 0.652. The average Bonchev–Trinajstić information content (AvgIpc) is 2.76. The Morgan fingerprint density at radius 1 is 1.12 bits per heavy atom. The van der Waals surface area contributed by atoms with Crippen molar-refractivity contribution in [1.82, 2.24) is 9.80 Å². The Hall–Kier alpha value is -2.23. The molecule has 2 rings (SSSR count). The lowest BCUT2D eigenvalue weighted by molar-refractivity contribution is -0.151. The van der Waals surface area contributed by atoms with Crippen molar-refractivity contribution < 1.29 is 33.3 Å². The summed E-state index contributed by atoms with van der Waals surface area (Å²) in [6.07, 6.45) is -0.743. The molecule has 1 saturated heterocycles. The maximum absolute atomic E-state index is 12.4. The number of hydrogen-bond donors (Lipinski definition) is 0. The first-order valence-corrected chi connectivity index (χ1v) is 11.0. The molecule has 0 bridgehead atoms. The third kappa shape index (κ3) is 9.27. The first-order chi connectivity index (χ1) is 15.3. The Labute approximate surface area is 202 Å². The van der Waals surface area contributed by atoms with Crippen molar-refractivity contribution in [3.05, 3.63) is 24.3 Å². The van der Waals surface area contributed by atoms with Gasteiger partial charge < -0.3 is 28.6 Å². The molecule has 0 saturated carbocycles. The van der Waals surface area contributed by atoms with Gasteiger partial charge in [0, 0.05) is 6.54 Å². The molecule has 1 fully saturated rings. The van der Waals surface area contributed by atoms with Crippen LogP contribution >= 0.6 is 12.4 Å². The van der Waals surface area contributed by atoms with Gasteiger partial charge in [-0.25, -0.2) is 4.79 Å². The van der Waals surface area contributed by atoms with Gasteiger partial charge in [-0.1, -0.05) is 26.0 Å². The third-order valence-electron chi connectivity index (χ3n) is 4.95. The number of likely N-dealkylation sites (N-methyl/N-ethyl adjacent to an activating group) is 1. The topological polar surface area (TPSA) is 86.8 Å². The summed E-state index contributed by atoms with van der Waals surface area (Å²) in [7, 11) is 3.67.